The molecule has 8 heteroatoms. The zero-order chi connectivity index (χ0) is 18.8. The van der Waals surface area contributed by atoms with E-state index in [0.717, 1.165) is 10.0 Å². The minimum Gasteiger partial charge on any atom is -0.493 e. The van der Waals surface area contributed by atoms with E-state index in [0.29, 0.717) is 28.1 Å². The molecule has 2 aromatic rings. The second kappa shape index (κ2) is 8.05. The summed E-state index contributed by atoms with van der Waals surface area (Å²) < 4.78 is 6.59. The Hall–Kier alpha value is -1.47. The first-order valence-corrected chi connectivity index (χ1v) is 9.47. The number of nitrogens with zero attached hydrogens (tertiary/aromatic N) is 1. The predicted molar refractivity (Wildman–Crippen MR) is 106 cm³/mol. The Morgan fingerprint density at radius 1 is 1.35 bits per heavy atom. The van der Waals surface area contributed by atoms with Crippen LogP contribution in [0.25, 0.3) is 0 Å². The molecule has 1 aliphatic heterocycles. The number of hydrogen-bond donors (Lipinski definition) is 2. The van der Waals surface area contributed by atoms with Gasteiger partial charge in [-0.2, -0.15) is 0 Å². The minimum absolute atomic E-state index is 0.101. The Kier molecular flexibility index (Phi) is 5.97. The SMILES string of the molecule is CN(C(=O)Nc1ccc(Cl)cc1Cl)[C@H]1c2cc(Br)ccc2OC[C@H]1CO. The fourth-order valence-electron chi connectivity index (χ4n) is 3.02. The number of ether oxygens (including phenoxy) is 1. The Labute approximate surface area is 170 Å². The molecule has 2 atom stereocenters. The lowest BCUT2D eigenvalue weighted by atomic mass is 9.90. The molecule has 0 aliphatic carbocycles. The first-order valence-electron chi connectivity index (χ1n) is 7.92. The van der Waals surface area contributed by atoms with E-state index in [2.05, 4.69) is 21.2 Å². The molecule has 0 unspecified atom stereocenters. The van der Waals surface area contributed by atoms with Crippen molar-refractivity contribution in [2.45, 2.75) is 6.04 Å². The van der Waals surface area contributed by atoms with E-state index < -0.39 is 0 Å². The van der Waals surface area contributed by atoms with E-state index in [9.17, 15) is 9.90 Å². The van der Waals surface area contributed by atoms with Crippen molar-refractivity contribution >= 4 is 50.9 Å². The largest absolute Gasteiger partial charge is 0.493 e. The molecule has 5 nitrogen and oxygen atoms in total. The first-order chi connectivity index (χ1) is 12.4. The summed E-state index contributed by atoms with van der Waals surface area (Å²) in [5.41, 5.74) is 1.31. The fraction of sp³-hybridized carbons (Fsp3) is 0.278. The Bertz CT molecular complexity index is 834. The predicted octanol–water partition coefficient (Wildman–Crippen LogP) is 4.96. The van der Waals surface area contributed by atoms with E-state index in [1.54, 1.807) is 30.1 Å². The number of aliphatic hydroxyl groups excluding tert-OH is 1. The maximum absolute atomic E-state index is 12.8. The number of nitrogens with one attached hydrogen (secondary N) is 1. The van der Waals surface area contributed by atoms with Crippen molar-refractivity contribution in [3.8, 4) is 5.75 Å². The molecule has 0 radical (unpaired) electrons. The maximum atomic E-state index is 12.8. The van der Waals surface area contributed by atoms with Crippen molar-refractivity contribution in [1.29, 1.82) is 0 Å². The molecule has 0 spiro atoms. The van der Waals surface area contributed by atoms with Crippen LogP contribution in [0.3, 0.4) is 0 Å². The average molecular weight is 460 g/mol. The number of benzene rings is 2. The lowest BCUT2D eigenvalue weighted by molar-refractivity contribution is 0.0738. The maximum Gasteiger partial charge on any atom is 0.322 e. The first kappa shape index (κ1) is 19.3. The van der Waals surface area contributed by atoms with Gasteiger partial charge in [0.25, 0.3) is 0 Å². The highest BCUT2D eigenvalue weighted by atomic mass is 79.9. The zero-order valence-electron chi connectivity index (χ0n) is 13.9. The normalized spacial score (nSPS) is 18.7. The van der Waals surface area contributed by atoms with Gasteiger partial charge in [-0.3, -0.25) is 0 Å². The number of fused-ring (bicyclic) bond motifs is 1. The summed E-state index contributed by atoms with van der Waals surface area (Å²) in [6, 6.07) is 9.81. The summed E-state index contributed by atoms with van der Waals surface area (Å²) in [4.78, 5) is 14.3. The van der Waals surface area contributed by atoms with Crippen LogP contribution in [0.4, 0.5) is 10.5 Å². The van der Waals surface area contributed by atoms with E-state index >= 15 is 0 Å². The number of rotatable bonds is 3. The van der Waals surface area contributed by atoms with Crippen molar-refractivity contribution in [1.82, 2.24) is 4.90 Å². The molecule has 0 saturated carbocycles. The molecule has 3 rings (SSSR count). The Morgan fingerprint density at radius 2 is 2.12 bits per heavy atom. The minimum atomic E-state index is -0.342. The number of carbonyl (C=O) groups excluding carboxylic acids is 1. The van der Waals surface area contributed by atoms with Crippen LogP contribution in [-0.2, 0) is 0 Å². The smallest absolute Gasteiger partial charge is 0.322 e. The van der Waals surface area contributed by atoms with Gasteiger partial charge in [-0.1, -0.05) is 39.1 Å². The lowest BCUT2D eigenvalue weighted by Gasteiger charge is -2.38. The van der Waals surface area contributed by atoms with Crippen LogP contribution in [0.1, 0.15) is 11.6 Å². The average Bonchev–Trinajstić information content (AvgIpc) is 2.62. The molecule has 0 fully saturated rings. The third-order valence-corrected chi connectivity index (χ3v) is 5.38. The molecule has 1 aliphatic rings. The van der Waals surface area contributed by atoms with Crippen LogP contribution in [0.5, 0.6) is 5.75 Å². The van der Waals surface area contributed by atoms with Crippen LogP contribution >= 0.6 is 39.1 Å². The van der Waals surface area contributed by atoms with E-state index in [-0.39, 0.29) is 24.6 Å². The summed E-state index contributed by atoms with van der Waals surface area (Å²) in [6.07, 6.45) is 0. The van der Waals surface area contributed by atoms with E-state index in [1.165, 1.54) is 0 Å². The van der Waals surface area contributed by atoms with E-state index in [1.807, 2.05) is 18.2 Å². The summed E-state index contributed by atoms with van der Waals surface area (Å²) in [7, 11) is 1.68. The summed E-state index contributed by atoms with van der Waals surface area (Å²) >= 11 is 15.5. The number of urea groups is 1. The highest BCUT2D eigenvalue weighted by Crippen LogP contribution is 2.40. The summed E-state index contributed by atoms with van der Waals surface area (Å²) in [6.45, 7) is 0.227. The number of hydrogen-bond acceptors (Lipinski definition) is 3. The molecular weight excluding hydrogens is 443 g/mol. The van der Waals surface area contributed by atoms with Crippen LogP contribution in [0.2, 0.25) is 10.0 Å². The van der Waals surface area contributed by atoms with Crippen molar-refractivity contribution in [2.24, 2.45) is 5.92 Å². The molecule has 26 heavy (non-hydrogen) atoms. The molecule has 0 saturated heterocycles. The van der Waals surface area contributed by atoms with Gasteiger partial charge in [0.2, 0.25) is 0 Å². The lowest BCUT2D eigenvalue weighted by Crippen LogP contribution is -2.43. The second-order valence-electron chi connectivity index (χ2n) is 6.05. The Morgan fingerprint density at radius 3 is 2.81 bits per heavy atom. The standard InChI is InChI=1S/C18H17BrCl2N2O3/c1-23(18(25)22-15-4-3-12(20)7-14(15)21)17-10(8-24)9-26-16-5-2-11(19)6-13(16)17/h2-7,10,17,24H,8-9H2,1H3,(H,22,25)/t10-,17-/m1/s1. The molecule has 0 bridgehead atoms. The zero-order valence-corrected chi connectivity index (χ0v) is 17.0. The van der Waals surface area contributed by atoms with Gasteiger partial charge in [0.15, 0.2) is 0 Å². The number of halogens is 3. The molecule has 2 amide bonds. The van der Waals surface area contributed by atoms with Gasteiger partial charge >= 0.3 is 6.03 Å². The van der Waals surface area contributed by atoms with Crippen LogP contribution in [0.15, 0.2) is 40.9 Å². The third-order valence-electron chi connectivity index (χ3n) is 4.33. The van der Waals surface area contributed by atoms with E-state index in [4.69, 9.17) is 27.9 Å². The van der Waals surface area contributed by atoms with Gasteiger partial charge in [0, 0.05) is 28.0 Å². The number of anilines is 1. The Balaban J connectivity index is 1.88. The van der Waals surface area contributed by atoms with Crippen molar-refractivity contribution in [3.63, 3.8) is 0 Å². The molecule has 2 aromatic carbocycles. The molecule has 138 valence electrons. The second-order valence-corrected chi connectivity index (χ2v) is 7.81. The quantitative estimate of drug-likeness (QED) is 0.681. The van der Waals surface area contributed by atoms with Gasteiger partial charge in [-0.25, -0.2) is 4.79 Å². The molecule has 0 aromatic heterocycles. The van der Waals surface area contributed by atoms with Crippen LogP contribution in [0, 0.1) is 5.92 Å². The van der Waals surface area contributed by atoms with Crippen molar-refractivity contribution in [2.75, 3.05) is 25.6 Å². The molecule has 2 N–H and O–H groups in total. The molecule has 1 heterocycles. The molecular formula is C18H17BrCl2N2O3. The summed E-state index contributed by atoms with van der Waals surface area (Å²) in [5.74, 6) is 0.459. The number of amides is 2. The van der Waals surface area contributed by atoms with Crippen LogP contribution < -0.4 is 10.1 Å². The number of carbonyl (C=O) groups is 1. The van der Waals surface area contributed by atoms with Crippen molar-refractivity contribution < 1.29 is 14.6 Å². The third kappa shape index (κ3) is 3.93. The van der Waals surface area contributed by atoms with Gasteiger partial charge in [0.1, 0.15) is 5.75 Å². The summed E-state index contributed by atoms with van der Waals surface area (Å²) in [5, 5.41) is 13.4. The highest BCUT2D eigenvalue weighted by Gasteiger charge is 2.36. The van der Waals surface area contributed by atoms with Gasteiger partial charge in [-0.05, 0) is 36.4 Å². The van der Waals surface area contributed by atoms with Gasteiger partial charge in [0.05, 0.1) is 30.0 Å². The van der Waals surface area contributed by atoms with Gasteiger partial charge < -0.3 is 20.1 Å². The number of aliphatic hydroxyl groups is 1. The fourth-order valence-corrected chi connectivity index (χ4v) is 3.86. The van der Waals surface area contributed by atoms with Crippen LogP contribution in [-0.4, -0.2) is 36.3 Å². The monoisotopic (exact) mass is 458 g/mol. The van der Waals surface area contributed by atoms with Crippen molar-refractivity contribution in [3.05, 3.63) is 56.5 Å². The van der Waals surface area contributed by atoms with Gasteiger partial charge in [-0.15, -0.1) is 0 Å². The highest BCUT2D eigenvalue weighted by molar-refractivity contribution is 9.10. The topological polar surface area (TPSA) is 61.8 Å².